The lowest BCUT2D eigenvalue weighted by Gasteiger charge is -2.38. The van der Waals surface area contributed by atoms with Crippen molar-refractivity contribution in [1.29, 1.82) is 0 Å². The predicted octanol–water partition coefficient (Wildman–Crippen LogP) is 2.31. The van der Waals surface area contributed by atoms with Crippen LogP contribution in [0, 0.1) is 5.92 Å². The van der Waals surface area contributed by atoms with Crippen LogP contribution in [-0.4, -0.2) is 36.0 Å². The number of hydrogen-bond acceptors (Lipinski definition) is 2. The maximum absolute atomic E-state index is 12.4. The molecule has 3 atom stereocenters. The van der Waals surface area contributed by atoms with Gasteiger partial charge in [0.05, 0.1) is 0 Å². The SMILES string of the molecule is O=C(CCC1CCCN1)N1CCCC2CCCC21. The second kappa shape index (κ2) is 5.60. The molecule has 3 rings (SSSR count). The molecule has 1 saturated carbocycles. The number of rotatable bonds is 3. The second-order valence-corrected chi connectivity index (χ2v) is 6.32. The van der Waals surface area contributed by atoms with E-state index in [1.807, 2.05) is 0 Å². The zero-order valence-corrected chi connectivity index (χ0v) is 11.4. The van der Waals surface area contributed by atoms with Crippen molar-refractivity contribution in [2.45, 2.75) is 69.9 Å². The van der Waals surface area contributed by atoms with Gasteiger partial charge in [0.15, 0.2) is 0 Å². The van der Waals surface area contributed by atoms with E-state index in [0.717, 1.165) is 31.8 Å². The minimum atomic E-state index is 0.431. The van der Waals surface area contributed by atoms with Gasteiger partial charge in [-0.3, -0.25) is 4.79 Å². The summed E-state index contributed by atoms with van der Waals surface area (Å²) in [5.41, 5.74) is 0. The lowest BCUT2D eigenvalue weighted by molar-refractivity contribution is -0.136. The van der Waals surface area contributed by atoms with Crippen LogP contribution in [0.15, 0.2) is 0 Å². The van der Waals surface area contributed by atoms with Gasteiger partial charge in [-0.2, -0.15) is 0 Å². The highest BCUT2D eigenvalue weighted by Crippen LogP contribution is 2.37. The molecular weight excluding hydrogens is 224 g/mol. The molecule has 3 nitrogen and oxygen atoms in total. The molecule has 0 aromatic heterocycles. The molecule has 1 N–H and O–H groups in total. The van der Waals surface area contributed by atoms with Gasteiger partial charge in [0.2, 0.25) is 5.91 Å². The van der Waals surface area contributed by atoms with Gasteiger partial charge >= 0.3 is 0 Å². The summed E-state index contributed by atoms with van der Waals surface area (Å²) in [6, 6.07) is 1.21. The normalized spacial score (nSPS) is 35.8. The zero-order valence-electron chi connectivity index (χ0n) is 11.4. The molecule has 0 aromatic rings. The fourth-order valence-corrected chi connectivity index (χ4v) is 4.21. The van der Waals surface area contributed by atoms with Crippen LogP contribution in [0.25, 0.3) is 0 Å². The van der Waals surface area contributed by atoms with Crippen molar-refractivity contribution in [2.75, 3.05) is 13.1 Å². The topological polar surface area (TPSA) is 32.3 Å². The monoisotopic (exact) mass is 250 g/mol. The third-order valence-electron chi connectivity index (χ3n) is 5.18. The molecule has 3 unspecified atom stereocenters. The molecule has 18 heavy (non-hydrogen) atoms. The third-order valence-corrected chi connectivity index (χ3v) is 5.18. The summed E-state index contributed by atoms with van der Waals surface area (Å²) in [6.45, 7) is 2.17. The van der Waals surface area contributed by atoms with Crippen molar-refractivity contribution in [2.24, 2.45) is 5.92 Å². The Morgan fingerprint density at radius 3 is 2.83 bits per heavy atom. The molecule has 2 heterocycles. The van der Waals surface area contributed by atoms with Crippen molar-refractivity contribution < 1.29 is 4.79 Å². The van der Waals surface area contributed by atoms with E-state index in [-0.39, 0.29) is 0 Å². The van der Waals surface area contributed by atoms with Crippen molar-refractivity contribution in [3.05, 3.63) is 0 Å². The molecule has 2 saturated heterocycles. The molecule has 0 spiro atoms. The summed E-state index contributed by atoms with van der Waals surface area (Å²) in [4.78, 5) is 14.6. The minimum Gasteiger partial charge on any atom is -0.339 e. The Hall–Kier alpha value is -0.570. The van der Waals surface area contributed by atoms with Crippen molar-refractivity contribution in [1.82, 2.24) is 10.2 Å². The molecule has 0 radical (unpaired) electrons. The lowest BCUT2D eigenvalue weighted by Crippen LogP contribution is -2.46. The number of carbonyl (C=O) groups excluding carboxylic acids is 1. The van der Waals surface area contributed by atoms with E-state index in [1.54, 1.807) is 0 Å². The first-order valence-electron chi connectivity index (χ1n) is 7.87. The van der Waals surface area contributed by atoms with Gasteiger partial charge in [-0.25, -0.2) is 0 Å². The van der Waals surface area contributed by atoms with Crippen molar-refractivity contribution in [3.63, 3.8) is 0 Å². The fourth-order valence-electron chi connectivity index (χ4n) is 4.21. The van der Waals surface area contributed by atoms with Crippen LogP contribution in [0.5, 0.6) is 0 Å². The van der Waals surface area contributed by atoms with Gasteiger partial charge in [0.25, 0.3) is 0 Å². The van der Waals surface area contributed by atoms with Crippen molar-refractivity contribution in [3.8, 4) is 0 Å². The number of likely N-dealkylation sites (tertiary alicyclic amines) is 1. The standard InChI is InChI=1S/C15H26N2O/c18-15(9-8-13-6-2-10-16-13)17-11-3-5-12-4-1-7-14(12)17/h12-14,16H,1-11H2. The largest absolute Gasteiger partial charge is 0.339 e. The fraction of sp³-hybridized carbons (Fsp3) is 0.933. The number of fused-ring (bicyclic) bond motifs is 1. The molecule has 0 bridgehead atoms. The molecule has 3 fully saturated rings. The quantitative estimate of drug-likeness (QED) is 0.833. The van der Waals surface area contributed by atoms with E-state index in [2.05, 4.69) is 10.2 Å². The first-order chi connectivity index (χ1) is 8.84. The average Bonchev–Trinajstić information content (AvgIpc) is 3.05. The Labute approximate surface area is 110 Å². The summed E-state index contributed by atoms with van der Waals surface area (Å²) in [5, 5.41) is 3.49. The van der Waals surface area contributed by atoms with Crippen LogP contribution in [-0.2, 0) is 4.79 Å². The van der Waals surface area contributed by atoms with Gasteiger partial charge in [0.1, 0.15) is 0 Å². The van der Waals surface area contributed by atoms with Gasteiger partial charge in [-0.1, -0.05) is 6.42 Å². The number of hydrogen-bond donors (Lipinski definition) is 1. The molecular formula is C15H26N2O. The second-order valence-electron chi connectivity index (χ2n) is 6.32. The summed E-state index contributed by atoms with van der Waals surface area (Å²) in [5.74, 6) is 1.26. The number of nitrogens with zero attached hydrogens (tertiary/aromatic N) is 1. The number of piperidine rings is 1. The number of nitrogens with one attached hydrogen (secondary N) is 1. The number of amides is 1. The highest BCUT2D eigenvalue weighted by molar-refractivity contribution is 5.76. The Bertz CT molecular complexity index is 299. The van der Waals surface area contributed by atoms with Crippen LogP contribution in [0.3, 0.4) is 0 Å². The van der Waals surface area contributed by atoms with E-state index < -0.39 is 0 Å². The molecule has 1 amide bonds. The van der Waals surface area contributed by atoms with Crippen LogP contribution in [0.4, 0.5) is 0 Å². The third kappa shape index (κ3) is 2.56. The lowest BCUT2D eigenvalue weighted by atomic mass is 9.91. The predicted molar refractivity (Wildman–Crippen MR) is 72.3 cm³/mol. The molecule has 3 heteroatoms. The van der Waals surface area contributed by atoms with Crippen LogP contribution in [0.2, 0.25) is 0 Å². The Kier molecular flexibility index (Phi) is 3.88. The molecule has 102 valence electrons. The van der Waals surface area contributed by atoms with Crippen LogP contribution < -0.4 is 5.32 Å². The molecule has 1 aliphatic carbocycles. The first kappa shape index (κ1) is 12.5. The van der Waals surface area contributed by atoms with Gasteiger partial charge < -0.3 is 10.2 Å². The average molecular weight is 250 g/mol. The summed E-state index contributed by atoms with van der Waals surface area (Å²) in [7, 11) is 0. The summed E-state index contributed by atoms with van der Waals surface area (Å²) in [6.07, 6.45) is 10.9. The van der Waals surface area contributed by atoms with Gasteiger partial charge in [0, 0.05) is 25.0 Å². The van der Waals surface area contributed by atoms with Crippen molar-refractivity contribution >= 4 is 5.91 Å². The summed E-state index contributed by atoms with van der Waals surface area (Å²) >= 11 is 0. The smallest absolute Gasteiger partial charge is 0.222 e. The Morgan fingerprint density at radius 2 is 2.00 bits per heavy atom. The maximum atomic E-state index is 12.4. The number of carbonyl (C=O) groups is 1. The van der Waals surface area contributed by atoms with E-state index in [0.29, 0.717) is 18.0 Å². The van der Waals surface area contributed by atoms with Crippen LogP contribution in [0.1, 0.15) is 57.8 Å². The highest BCUT2D eigenvalue weighted by atomic mass is 16.2. The van der Waals surface area contributed by atoms with Crippen LogP contribution >= 0.6 is 0 Å². The van der Waals surface area contributed by atoms with E-state index >= 15 is 0 Å². The molecule has 2 aliphatic heterocycles. The highest BCUT2D eigenvalue weighted by Gasteiger charge is 2.37. The van der Waals surface area contributed by atoms with E-state index in [9.17, 15) is 4.79 Å². The minimum absolute atomic E-state index is 0.431. The molecule has 3 aliphatic rings. The maximum Gasteiger partial charge on any atom is 0.222 e. The Morgan fingerprint density at radius 1 is 1.11 bits per heavy atom. The molecule has 0 aromatic carbocycles. The first-order valence-corrected chi connectivity index (χ1v) is 7.87. The summed E-state index contributed by atoms with van der Waals surface area (Å²) < 4.78 is 0. The zero-order chi connectivity index (χ0) is 12.4. The van der Waals surface area contributed by atoms with Gasteiger partial charge in [-0.05, 0) is 57.4 Å². The van der Waals surface area contributed by atoms with E-state index in [4.69, 9.17) is 0 Å². The van der Waals surface area contributed by atoms with Gasteiger partial charge in [-0.15, -0.1) is 0 Å². The van der Waals surface area contributed by atoms with E-state index in [1.165, 1.54) is 44.9 Å². The Balaban J connectivity index is 1.51.